The van der Waals surface area contributed by atoms with Crippen LogP contribution in [-0.4, -0.2) is 43.8 Å². The third-order valence-electron chi connectivity index (χ3n) is 5.39. The number of rotatable bonds is 5. The van der Waals surface area contributed by atoms with Crippen LogP contribution in [0.5, 0.6) is 0 Å². The quantitative estimate of drug-likeness (QED) is 0.496. The van der Waals surface area contributed by atoms with E-state index >= 15 is 0 Å². The minimum absolute atomic E-state index is 0.0322. The molecule has 3 aromatic heterocycles. The summed E-state index contributed by atoms with van der Waals surface area (Å²) in [5.41, 5.74) is 1.84. The summed E-state index contributed by atoms with van der Waals surface area (Å²) in [6.45, 7) is 1.55. The second-order valence-electron chi connectivity index (χ2n) is 7.51. The molecule has 10 heteroatoms. The number of hydrogen-bond acceptors (Lipinski definition) is 7. The van der Waals surface area contributed by atoms with E-state index in [2.05, 4.69) is 30.5 Å². The molecular weight excluding hydrogens is 434 g/mol. The highest BCUT2D eigenvalue weighted by molar-refractivity contribution is 7.15. The van der Waals surface area contributed by atoms with Crippen molar-refractivity contribution in [3.05, 3.63) is 64.4 Å². The first-order valence-corrected chi connectivity index (χ1v) is 11.3. The summed E-state index contributed by atoms with van der Waals surface area (Å²) in [5.74, 6) is 0.873. The first-order valence-electron chi connectivity index (χ1n) is 10.1. The van der Waals surface area contributed by atoms with E-state index in [0.29, 0.717) is 5.13 Å². The fraction of sp³-hybridized carbons (Fsp3) is 0.286. The minimum Gasteiger partial charge on any atom is -0.355 e. The van der Waals surface area contributed by atoms with Crippen LogP contribution in [-0.2, 0) is 11.2 Å². The van der Waals surface area contributed by atoms with Crippen molar-refractivity contribution in [2.75, 3.05) is 23.3 Å². The number of fused-ring (bicyclic) bond motifs is 1. The molecule has 1 amide bonds. The highest BCUT2D eigenvalue weighted by Gasteiger charge is 2.26. The van der Waals surface area contributed by atoms with E-state index in [0.717, 1.165) is 59.3 Å². The maximum absolute atomic E-state index is 12.7. The Bertz CT molecular complexity index is 1220. The van der Waals surface area contributed by atoms with Crippen molar-refractivity contribution in [3.8, 4) is 0 Å². The van der Waals surface area contributed by atoms with Gasteiger partial charge in [-0.1, -0.05) is 23.7 Å². The predicted molar refractivity (Wildman–Crippen MR) is 121 cm³/mol. The van der Waals surface area contributed by atoms with E-state index in [1.54, 1.807) is 10.8 Å². The lowest BCUT2D eigenvalue weighted by Crippen LogP contribution is -2.38. The Labute approximate surface area is 187 Å². The van der Waals surface area contributed by atoms with Gasteiger partial charge < -0.3 is 10.2 Å². The Hall–Kier alpha value is -3.04. The van der Waals surface area contributed by atoms with Crippen molar-refractivity contribution < 1.29 is 4.79 Å². The number of nitrogens with one attached hydrogen (secondary N) is 1. The van der Waals surface area contributed by atoms with Crippen LogP contribution >= 0.6 is 22.9 Å². The van der Waals surface area contributed by atoms with Gasteiger partial charge in [0.25, 0.3) is 0 Å². The molecule has 1 aliphatic rings. The normalized spacial score (nSPS) is 14.8. The second-order valence-corrected chi connectivity index (χ2v) is 9.07. The SMILES string of the molecule is O=C(Nc1ncc(Cc2cccc(Cl)c2)s1)C1CCN(c2ccc3nncn3n2)CC1. The van der Waals surface area contributed by atoms with Gasteiger partial charge in [0.15, 0.2) is 10.8 Å². The number of aromatic nitrogens is 5. The van der Waals surface area contributed by atoms with Gasteiger partial charge in [-0.2, -0.15) is 4.52 Å². The molecule has 0 atom stereocenters. The molecule has 0 spiro atoms. The Morgan fingerprint density at radius 3 is 2.94 bits per heavy atom. The van der Waals surface area contributed by atoms with Crippen molar-refractivity contribution in [1.82, 2.24) is 24.8 Å². The third-order valence-corrected chi connectivity index (χ3v) is 6.54. The zero-order valence-corrected chi connectivity index (χ0v) is 18.2. The number of amides is 1. The Morgan fingerprint density at radius 2 is 2.10 bits per heavy atom. The molecule has 0 unspecified atom stereocenters. The predicted octanol–water partition coefficient (Wildman–Crippen LogP) is 3.68. The average Bonchev–Trinajstić information content (AvgIpc) is 3.42. The largest absolute Gasteiger partial charge is 0.355 e. The van der Waals surface area contributed by atoms with Gasteiger partial charge in [0, 0.05) is 41.5 Å². The van der Waals surface area contributed by atoms with Crippen molar-refractivity contribution in [3.63, 3.8) is 0 Å². The molecule has 5 rings (SSSR count). The molecular formula is C21H20ClN7OS. The number of hydrogen-bond donors (Lipinski definition) is 1. The lowest BCUT2D eigenvalue weighted by atomic mass is 9.96. The number of thiazole rings is 1. The van der Waals surface area contributed by atoms with Gasteiger partial charge in [-0.25, -0.2) is 4.98 Å². The molecule has 1 saturated heterocycles. The number of anilines is 2. The number of halogens is 1. The zero-order chi connectivity index (χ0) is 21.2. The maximum atomic E-state index is 12.7. The summed E-state index contributed by atoms with van der Waals surface area (Å²) >= 11 is 7.56. The molecule has 31 heavy (non-hydrogen) atoms. The third kappa shape index (κ3) is 4.52. The lowest BCUT2D eigenvalue weighted by Gasteiger charge is -2.31. The summed E-state index contributed by atoms with van der Waals surface area (Å²) in [5, 5.41) is 16.7. The van der Waals surface area contributed by atoms with Gasteiger partial charge in [-0.05, 0) is 42.7 Å². The van der Waals surface area contributed by atoms with Gasteiger partial charge in [0.1, 0.15) is 12.1 Å². The molecule has 1 N–H and O–H groups in total. The van der Waals surface area contributed by atoms with E-state index in [1.807, 2.05) is 42.6 Å². The Morgan fingerprint density at radius 1 is 1.23 bits per heavy atom. The molecule has 4 aromatic rings. The first kappa shape index (κ1) is 19.9. The number of benzene rings is 1. The van der Waals surface area contributed by atoms with Crippen LogP contribution in [0.4, 0.5) is 10.9 Å². The van der Waals surface area contributed by atoms with Gasteiger partial charge in [0.2, 0.25) is 5.91 Å². The molecule has 1 aliphatic heterocycles. The summed E-state index contributed by atoms with van der Waals surface area (Å²) < 4.78 is 1.66. The van der Waals surface area contributed by atoms with E-state index in [9.17, 15) is 4.79 Å². The van der Waals surface area contributed by atoms with Crippen molar-refractivity contribution in [1.29, 1.82) is 0 Å². The fourth-order valence-electron chi connectivity index (χ4n) is 3.76. The Balaban J connectivity index is 1.16. The van der Waals surface area contributed by atoms with Crippen LogP contribution in [0.15, 0.2) is 48.9 Å². The van der Waals surface area contributed by atoms with Crippen LogP contribution in [0.2, 0.25) is 5.02 Å². The summed E-state index contributed by atoms with van der Waals surface area (Å²) in [4.78, 5) is 20.4. The monoisotopic (exact) mass is 453 g/mol. The average molecular weight is 454 g/mol. The summed E-state index contributed by atoms with van der Waals surface area (Å²) in [6.07, 6.45) is 5.70. The molecule has 1 fully saturated rings. The Kier molecular flexibility index (Phi) is 5.52. The fourth-order valence-corrected chi connectivity index (χ4v) is 4.82. The second kappa shape index (κ2) is 8.60. The van der Waals surface area contributed by atoms with Gasteiger partial charge in [-0.3, -0.25) is 4.79 Å². The topological polar surface area (TPSA) is 88.3 Å². The molecule has 0 bridgehead atoms. The molecule has 4 heterocycles. The molecule has 1 aromatic carbocycles. The van der Waals surface area contributed by atoms with Crippen molar-refractivity contribution in [2.45, 2.75) is 19.3 Å². The highest BCUT2D eigenvalue weighted by Crippen LogP contribution is 2.26. The number of carbonyl (C=O) groups is 1. The zero-order valence-electron chi connectivity index (χ0n) is 16.6. The van der Waals surface area contributed by atoms with E-state index < -0.39 is 0 Å². The summed E-state index contributed by atoms with van der Waals surface area (Å²) in [6, 6.07) is 11.6. The smallest absolute Gasteiger partial charge is 0.229 e. The molecule has 0 aliphatic carbocycles. The number of carbonyl (C=O) groups excluding carboxylic acids is 1. The van der Waals surface area contributed by atoms with Crippen LogP contribution in [0.3, 0.4) is 0 Å². The minimum atomic E-state index is -0.0322. The number of nitrogens with zero attached hydrogens (tertiary/aromatic N) is 6. The summed E-state index contributed by atoms with van der Waals surface area (Å²) in [7, 11) is 0. The van der Waals surface area contributed by atoms with E-state index in [1.165, 1.54) is 11.3 Å². The molecule has 0 saturated carbocycles. The van der Waals surface area contributed by atoms with Crippen LogP contribution in [0.1, 0.15) is 23.3 Å². The van der Waals surface area contributed by atoms with E-state index in [-0.39, 0.29) is 11.8 Å². The van der Waals surface area contributed by atoms with Crippen LogP contribution in [0.25, 0.3) is 5.65 Å². The van der Waals surface area contributed by atoms with Crippen LogP contribution in [0, 0.1) is 5.92 Å². The van der Waals surface area contributed by atoms with Gasteiger partial charge in [-0.15, -0.1) is 26.6 Å². The highest BCUT2D eigenvalue weighted by atomic mass is 35.5. The standard InChI is InChI=1S/C21H20ClN7OS/c22-16-3-1-2-14(10-16)11-17-12-23-21(31-17)25-20(30)15-6-8-28(9-7-15)19-5-4-18-26-24-13-29(18)27-19/h1-5,10,12-13,15H,6-9,11H2,(H,23,25,30). The molecule has 8 nitrogen and oxygen atoms in total. The molecule has 158 valence electrons. The van der Waals surface area contributed by atoms with Gasteiger partial charge >= 0.3 is 0 Å². The number of piperidine rings is 1. The van der Waals surface area contributed by atoms with Crippen LogP contribution < -0.4 is 10.2 Å². The molecule has 0 radical (unpaired) electrons. The lowest BCUT2D eigenvalue weighted by molar-refractivity contribution is -0.120. The van der Waals surface area contributed by atoms with E-state index in [4.69, 9.17) is 11.6 Å². The first-order chi connectivity index (χ1) is 15.1. The maximum Gasteiger partial charge on any atom is 0.229 e. The van der Waals surface area contributed by atoms with Crippen molar-refractivity contribution in [2.24, 2.45) is 5.92 Å². The van der Waals surface area contributed by atoms with Gasteiger partial charge in [0.05, 0.1) is 0 Å². The van der Waals surface area contributed by atoms with Crippen molar-refractivity contribution >= 4 is 45.4 Å².